The van der Waals surface area contributed by atoms with Gasteiger partial charge in [-0.2, -0.15) is 5.26 Å². The van der Waals surface area contributed by atoms with Crippen molar-refractivity contribution >= 4 is 28.2 Å². The van der Waals surface area contributed by atoms with Gasteiger partial charge in [0, 0.05) is 17.0 Å². The molecule has 0 aliphatic heterocycles. The molecule has 0 spiro atoms. The highest BCUT2D eigenvalue weighted by atomic mass is 32.1. The third kappa shape index (κ3) is 4.26. The Morgan fingerprint density at radius 1 is 1.37 bits per heavy atom. The van der Waals surface area contributed by atoms with Gasteiger partial charge in [-0.05, 0) is 54.5 Å². The van der Waals surface area contributed by atoms with Crippen LogP contribution < -0.4 is 10.6 Å². The van der Waals surface area contributed by atoms with Crippen molar-refractivity contribution in [1.29, 1.82) is 5.26 Å². The number of carbonyl (C=O) groups is 2. The maximum Gasteiger partial charge on any atom is 0.256 e. The summed E-state index contributed by atoms with van der Waals surface area (Å²) in [6, 6.07) is 9.29. The zero-order chi connectivity index (χ0) is 19.4. The van der Waals surface area contributed by atoms with E-state index in [9.17, 15) is 14.9 Å². The molecule has 1 unspecified atom stereocenters. The Hall–Kier alpha value is -2.91. The van der Waals surface area contributed by atoms with E-state index in [2.05, 4.69) is 30.2 Å². The van der Waals surface area contributed by atoms with Crippen molar-refractivity contribution in [2.45, 2.75) is 32.7 Å². The van der Waals surface area contributed by atoms with Crippen molar-refractivity contribution in [3.8, 4) is 6.07 Å². The Labute approximate surface area is 162 Å². The molecule has 1 atom stereocenters. The topological polar surface area (TPSA) is 82.0 Å². The summed E-state index contributed by atoms with van der Waals surface area (Å²) in [6.45, 7) is 6.00. The molecule has 0 saturated heterocycles. The van der Waals surface area contributed by atoms with E-state index >= 15 is 0 Å². The maximum absolute atomic E-state index is 12.6. The second kappa shape index (κ2) is 8.19. The van der Waals surface area contributed by atoms with E-state index < -0.39 is 0 Å². The first-order valence-corrected chi connectivity index (χ1v) is 9.68. The minimum absolute atomic E-state index is 0.236. The Bertz CT molecular complexity index is 922. The van der Waals surface area contributed by atoms with E-state index in [4.69, 9.17) is 0 Å². The summed E-state index contributed by atoms with van der Waals surface area (Å²) in [4.78, 5) is 25.0. The van der Waals surface area contributed by atoms with Gasteiger partial charge < -0.3 is 10.6 Å². The van der Waals surface area contributed by atoms with Crippen molar-refractivity contribution in [3.05, 3.63) is 64.1 Å². The van der Waals surface area contributed by atoms with Crippen LogP contribution in [0.2, 0.25) is 0 Å². The number of amides is 2. The minimum Gasteiger partial charge on any atom is -0.348 e. The second-order valence-corrected chi connectivity index (χ2v) is 7.85. The molecule has 1 aliphatic carbocycles. The van der Waals surface area contributed by atoms with Crippen molar-refractivity contribution in [3.63, 3.8) is 0 Å². The zero-order valence-electron chi connectivity index (χ0n) is 15.2. The quantitative estimate of drug-likeness (QED) is 0.775. The largest absolute Gasteiger partial charge is 0.348 e. The summed E-state index contributed by atoms with van der Waals surface area (Å²) >= 11 is 1.52. The number of anilines is 1. The van der Waals surface area contributed by atoms with Crippen LogP contribution in [0.25, 0.3) is 0 Å². The van der Waals surface area contributed by atoms with Crippen LogP contribution in [0.3, 0.4) is 0 Å². The van der Waals surface area contributed by atoms with Crippen LogP contribution in [0.1, 0.15) is 45.3 Å². The normalized spacial score (nSPS) is 15.3. The van der Waals surface area contributed by atoms with Gasteiger partial charge in [-0.25, -0.2) is 0 Å². The number of fused-ring (bicyclic) bond motifs is 1. The molecular formula is C21H21N3O2S. The van der Waals surface area contributed by atoms with Crippen molar-refractivity contribution in [2.24, 2.45) is 5.92 Å². The number of rotatable bonds is 5. The van der Waals surface area contributed by atoms with Crippen LogP contribution in [0.4, 0.5) is 5.00 Å². The number of hydrogen-bond acceptors (Lipinski definition) is 4. The van der Waals surface area contributed by atoms with Gasteiger partial charge in [-0.15, -0.1) is 11.3 Å². The number of nitrogens with one attached hydrogen (secondary N) is 2. The van der Waals surface area contributed by atoms with Gasteiger partial charge >= 0.3 is 0 Å². The van der Waals surface area contributed by atoms with Crippen LogP contribution in [0, 0.1) is 17.2 Å². The number of nitriles is 1. The van der Waals surface area contributed by atoms with E-state index in [0.29, 0.717) is 28.6 Å². The van der Waals surface area contributed by atoms with E-state index in [1.165, 1.54) is 22.3 Å². The molecule has 2 amide bonds. The first-order valence-electron chi connectivity index (χ1n) is 8.87. The lowest BCUT2D eigenvalue weighted by atomic mass is 9.88. The second-order valence-electron chi connectivity index (χ2n) is 6.74. The summed E-state index contributed by atoms with van der Waals surface area (Å²) in [7, 11) is 0. The molecule has 1 heterocycles. The first kappa shape index (κ1) is 18.9. The Morgan fingerprint density at radius 2 is 2.11 bits per heavy atom. The van der Waals surface area contributed by atoms with Gasteiger partial charge in [0.1, 0.15) is 11.1 Å². The highest BCUT2D eigenvalue weighted by Crippen LogP contribution is 2.39. The molecule has 3 rings (SSSR count). The van der Waals surface area contributed by atoms with Gasteiger partial charge in [0.15, 0.2) is 0 Å². The molecule has 138 valence electrons. The predicted molar refractivity (Wildman–Crippen MR) is 107 cm³/mol. The zero-order valence-corrected chi connectivity index (χ0v) is 16.0. The van der Waals surface area contributed by atoms with Gasteiger partial charge in [0.25, 0.3) is 5.91 Å². The molecule has 2 aromatic rings. The standard InChI is InChI=1S/C21H21N3O2S/c1-3-19(25)23-12-14-5-7-15(8-6-14)20(26)24-21-17(11-22)16-9-4-13(2)10-18(16)27-21/h3,5-8,13H,1,4,9-10,12H2,2H3,(H,23,25)(H,24,26). The summed E-state index contributed by atoms with van der Waals surface area (Å²) in [6.07, 6.45) is 4.16. The molecule has 5 nitrogen and oxygen atoms in total. The number of benzene rings is 1. The highest BCUT2D eigenvalue weighted by molar-refractivity contribution is 7.16. The van der Waals surface area contributed by atoms with Crippen molar-refractivity contribution in [2.75, 3.05) is 5.32 Å². The van der Waals surface area contributed by atoms with Gasteiger partial charge in [-0.1, -0.05) is 25.6 Å². The molecular weight excluding hydrogens is 358 g/mol. The number of hydrogen-bond donors (Lipinski definition) is 2. The molecule has 2 N–H and O–H groups in total. The fourth-order valence-electron chi connectivity index (χ4n) is 3.17. The lowest BCUT2D eigenvalue weighted by Gasteiger charge is -2.17. The smallest absolute Gasteiger partial charge is 0.256 e. The molecule has 6 heteroatoms. The summed E-state index contributed by atoms with van der Waals surface area (Å²) in [5.74, 6) is 0.136. The lowest BCUT2D eigenvalue weighted by Crippen LogP contribution is -2.20. The fraction of sp³-hybridized carbons (Fsp3) is 0.286. The Kier molecular flexibility index (Phi) is 5.72. The van der Waals surface area contributed by atoms with Crippen molar-refractivity contribution < 1.29 is 9.59 Å². The Balaban J connectivity index is 1.71. The number of nitrogens with zero attached hydrogens (tertiary/aromatic N) is 1. The molecule has 27 heavy (non-hydrogen) atoms. The van der Waals surface area contributed by atoms with E-state index in [1.807, 2.05) is 0 Å². The number of thiophene rings is 1. The van der Waals surface area contributed by atoms with Crippen LogP contribution in [-0.2, 0) is 24.2 Å². The average Bonchev–Trinajstić information content (AvgIpc) is 3.02. The fourth-order valence-corrected chi connectivity index (χ4v) is 4.52. The molecule has 1 aliphatic rings. The first-order chi connectivity index (χ1) is 13.0. The third-order valence-corrected chi connectivity index (χ3v) is 5.89. The van der Waals surface area contributed by atoms with Gasteiger partial charge in [0.05, 0.1) is 5.56 Å². The molecule has 0 fully saturated rings. The summed E-state index contributed by atoms with van der Waals surface area (Å²) in [5.41, 5.74) is 3.11. The lowest BCUT2D eigenvalue weighted by molar-refractivity contribution is -0.116. The van der Waals surface area contributed by atoms with E-state index in [-0.39, 0.29) is 11.8 Å². The van der Waals surface area contributed by atoms with Gasteiger partial charge in [0.2, 0.25) is 5.91 Å². The third-order valence-electron chi connectivity index (χ3n) is 4.72. The highest BCUT2D eigenvalue weighted by Gasteiger charge is 2.24. The Morgan fingerprint density at radius 3 is 2.78 bits per heavy atom. The molecule has 1 aromatic carbocycles. The number of carbonyl (C=O) groups excluding carboxylic acids is 2. The SMILES string of the molecule is C=CC(=O)NCc1ccc(C(=O)Nc2sc3c(c2C#N)CCC(C)C3)cc1. The monoisotopic (exact) mass is 379 g/mol. The predicted octanol–water partition coefficient (Wildman–Crippen LogP) is 3.80. The molecule has 0 bridgehead atoms. The van der Waals surface area contributed by atoms with Crippen molar-refractivity contribution in [1.82, 2.24) is 5.32 Å². The maximum atomic E-state index is 12.6. The summed E-state index contributed by atoms with van der Waals surface area (Å²) in [5, 5.41) is 15.8. The van der Waals surface area contributed by atoms with E-state index in [0.717, 1.165) is 30.4 Å². The minimum atomic E-state index is -0.239. The van der Waals surface area contributed by atoms with Gasteiger partial charge in [-0.3, -0.25) is 9.59 Å². The average molecular weight is 379 g/mol. The van der Waals surface area contributed by atoms with Crippen LogP contribution in [-0.4, -0.2) is 11.8 Å². The molecule has 0 radical (unpaired) electrons. The van der Waals surface area contributed by atoms with Crippen LogP contribution in [0.5, 0.6) is 0 Å². The van der Waals surface area contributed by atoms with E-state index in [1.54, 1.807) is 24.3 Å². The molecule has 0 saturated carbocycles. The molecule has 1 aromatic heterocycles. The summed E-state index contributed by atoms with van der Waals surface area (Å²) < 4.78 is 0. The van der Waals surface area contributed by atoms with Crippen LogP contribution >= 0.6 is 11.3 Å². The van der Waals surface area contributed by atoms with Crippen LogP contribution in [0.15, 0.2) is 36.9 Å².